The average molecular weight is 417 g/mol. The van der Waals surface area contributed by atoms with Crippen LogP contribution in [-0.4, -0.2) is 35.7 Å². The Hall–Kier alpha value is -3.88. The van der Waals surface area contributed by atoms with Crippen LogP contribution in [0.1, 0.15) is 36.6 Å². The van der Waals surface area contributed by atoms with Gasteiger partial charge in [0.05, 0.1) is 12.2 Å². The number of aromatic amines is 2. The summed E-state index contributed by atoms with van der Waals surface area (Å²) in [5, 5.41) is 18.4. The molecule has 0 bridgehead atoms. The first-order valence-corrected chi connectivity index (χ1v) is 10.4. The molecule has 0 amide bonds. The van der Waals surface area contributed by atoms with Crippen LogP contribution in [-0.2, 0) is 13.0 Å². The average Bonchev–Trinajstić information content (AvgIpc) is 3.41. The van der Waals surface area contributed by atoms with Gasteiger partial charge in [0, 0.05) is 17.8 Å². The maximum Gasteiger partial charge on any atom is 0.326 e. The molecule has 0 unspecified atom stereocenters. The third kappa shape index (κ3) is 4.07. The van der Waals surface area contributed by atoms with Crippen molar-refractivity contribution >= 4 is 17.5 Å². The Morgan fingerprint density at radius 2 is 2.03 bits per heavy atom. The number of fused-ring (bicyclic) bond motifs is 1. The van der Waals surface area contributed by atoms with E-state index in [1.165, 1.54) is 5.56 Å². The Balaban J connectivity index is 1.55. The molecule has 0 radical (unpaired) electrons. The summed E-state index contributed by atoms with van der Waals surface area (Å²) in [5.41, 5.74) is 3.58. The van der Waals surface area contributed by atoms with E-state index in [0.29, 0.717) is 29.3 Å². The molecule has 5 rings (SSSR count). The van der Waals surface area contributed by atoms with Crippen LogP contribution in [0, 0.1) is 0 Å². The highest BCUT2D eigenvalue weighted by Crippen LogP contribution is 2.22. The van der Waals surface area contributed by atoms with E-state index in [2.05, 4.69) is 51.6 Å². The molecule has 1 aliphatic rings. The van der Waals surface area contributed by atoms with E-state index in [0.717, 1.165) is 30.3 Å². The highest BCUT2D eigenvalue weighted by atomic mass is 16.3. The maximum atomic E-state index is 11.4. The second kappa shape index (κ2) is 7.75. The maximum absolute atomic E-state index is 11.4. The van der Waals surface area contributed by atoms with Crippen molar-refractivity contribution in [3.63, 3.8) is 0 Å². The van der Waals surface area contributed by atoms with Gasteiger partial charge in [0.25, 0.3) is 0 Å². The molecule has 4 N–H and O–H groups in total. The van der Waals surface area contributed by atoms with Crippen LogP contribution >= 0.6 is 0 Å². The molecule has 158 valence electrons. The summed E-state index contributed by atoms with van der Waals surface area (Å²) in [6.45, 7) is 2.77. The number of imidazole rings is 1. The van der Waals surface area contributed by atoms with E-state index in [1.807, 2.05) is 6.07 Å². The first-order valence-electron chi connectivity index (χ1n) is 10.4. The van der Waals surface area contributed by atoms with Gasteiger partial charge in [-0.15, -0.1) is 0 Å². The number of aryl methyl sites for hydroxylation is 1. The van der Waals surface area contributed by atoms with Crippen molar-refractivity contribution in [3.8, 4) is 5.88 Å². The largest absolute Gasteiger partial charge is 0.493 e. The molecular formula is C22H23N7O2. The van der Waals surface area contributed by atoms with Gasteiger partial charge in [0.2, 0.25) is 5.88 Å². The van der Waals surface area contributed by atoms with Gasteiger partial charge in [-0.05, 0) is 36.5 Å². The Morgan fingerprint density at radius 1 is 1.26 bits per heavy atom. The van der Waals surface area contributed by atoms with Gasteiger partial charge in [-0.1, -0.05) is 31.2 Å². The van der Waals surface area contributed by atoms with E-state index in [4.69, 9.17) is 9.98 Å². The fourth-order valence-electron chi connectivity index (χ4n) is 3.37. The van der Waals surface area contributed by atoms with Crippen molar-refractivity contribution in [3.05, 3.63) is 74.5 Å². The fraction of sp³-hybridized carbons (Fsp3) is 0.273. The zero-order valence-corrected chi connectivity index (χ0v) is 17.1. The number of aromatic nitrogens is 5. The monoisotopic (exact) mass is 417 g/mol. The van der Waals surface area contributed by atoms with Crippen LogP contribution in [0.3, 0.4) is 0 Å². The topological polar surface area (TPSA) is 123 Å². The van der Waals surface area contributed by atoms with Crippen LogP contribution in [0.2, 0.25) is 0 Å². The normalized spacial score (nSPS) is 15.1. The highest BCUT2D eigenvalue weighted by molar-refractivity contribution is 5.58. The Bertz CT molecular complexity index is 1410. The Kier molecular flexibility index (Phi) is 4.78. The van der Waals surface area contributed by atoms with Crippen molar-refractivity contribution in [2.24, 2.45) is 4.99 Å². The van der Waals surface area contributed by atoms with Crippen molar-refractivity contribution in [2.45, 2.75) is 38.8 Å². The summed E-state index contributed by atoms with van der Waals surface area (Å²) in [6, 6.07) is 10.7. The van der Waals surface area contributed by atoms with Crippen LogP contribution in [0.25, 0.3) is 11.7 Å². The van der Waals surface area contributed by atoms with E-state index >= 15 is 0 Å². The molecule has 1 saturated carbocycles. The van der Waals surface area contributed by atoms with Gasteiger partial charge in [-0.3, -0.25) is 9.98 Å². The van der Waals surface area contributed by atoms with Gasteiger partial charge in [0.15, 0.2) is 11.1 Å². The van der Waals surface area contributed by atoms with E-state index in [-0.39, 0.29) is 11.6 Å². The van der Waals surface area contributed by atoms with Crippen LogP contribution in [0.5, 0.6) is 5.88 Å². The summed E-state index contributed by atoms with van der Waals surface area (Å²) < 4.78 is 1.69. The molecule has 1 aliphatic carbocycles. The van der Waals surface area contributed by atoms with Crippen molar-refractivity contribution in [1.29, 1.82) is 0 Å². The zero-order valence-electron chi connectivity index (χ0n) is 17.1. The molecule has 0 saturated heterocycles. The predicted molar refractivity (Wildman–Crippen MR) is 117 cm³/mol. The van der Waals surface area contributed by atoms with Crippen molar-refractivity contribution in [1.82, 2.24) is 24.6 Å². The SMILES string of the molecule is CCc1ccc(CNc2cc(=NC3CC3)n3ncc(=Cc4[nH]c(=O)[nH]c4O)c3n2)cc1. The summed E-state index contributed by atoms with van der Waals surface area (Å²) >= 11 is 0. The second-order valence-corrected chi connectivity index (χ2v) is 7.70. The minimum absolute atomic E-state index is 0.225. The lowest BCUT2D eigenvalue weighted by atomic mass is 10.1. The smallest absolute Gasteiger partial charge is 0.326 e. The third-order valence-corrected chi connectivity index (χ3v) is 5.28. The standard InChI is InChI=1S/C22H23N7O2/c1-2-13-3-5-14(6-4-13)11-23-18-10-19(25-16-7-8-16)29-20(27-18)15(12-24-29)9-17-21(30)28-22(31)26-17/h3-6,9-10,12,16,23,30H,2,7-8,11H2,1H3,(H2,26,28,31). The molecule has 9 heteroatoms. The van der Waals surface area contributed by atoms with Gasteiger partial charge < -0.3 is 15.4 Å². The summed E-state index contributed by atoms with van der Waals surface area (Å²) in [5.74, 6) is 0.463. The van der Waals surface area contributed by atoms with E-state index in [1.54, 1.807) is 16.8 Å². The highest BCUT2D eigenvalue weighted by Gasteiger charge is 2.20. The Labute approximate surface area is 177 Å². The molecule has 31 heavy (non-hydrogen) atoms. The number of nitrogens with zero attached hydrogens (tertiary/aromatic N) is 4. The molecule has 0 atom stereocenters. The molecule has 0 spiro atoms. The summed E-state index contributed by atoms with van der Waals surface area (Å²) in [6.07, 6.45) is 6.45. The molecule has 1 fully saturated rings. The fourth-order valence-corrected chi connectivity index (χ4v) is 3.37. The summed E-state index contributed by atoms with van der Waals surface area (Å²) in [4.78, 5) is 25.8. The molecule has 1 aromatic carbocycles. The first-order chi connectivity index (χ1) is 15.1. The zero-order chi connectivity index (χ0) is 21.4. The lowest BCUT2D eigenvalue weighted by molar-refractivity contribution is 0.454. The number of hydrogen-bond donors (Lipinski definition) is 4. The molecular weight excluding hydrogens is 394 g/mol. The van der Waals surface area contributed by atoms with Crippen LogP contribution in [0.15, 0.2) is 46.3 Å². The second-order valence-electron chi connectivity index (χ2n) is 7.70. The third-order valence-electron chi connectivity index (χ3n) is 5.28. The lowest BCUT2D eigenvalue weighted by Crippen LogP contribution is -2.20. The lowest BCUT2D eigenvalue weighted by Gasteiger charge is -2.07. The van der Waals surface area contributed by atoms with Gasteiger partial charge in [0.1, 0.15) is 11.5 Å². The van der Waals surface area contributed by atoms with Crippen molar-refractivity contribution < 1.29 is 5.11 Å². The van der Waals surface area contributed by atoms with Gasteiger partial charge in [-0.25, -0.2) is 9.78 Å². The van der Waals surface area contributed by atoms with Gasteiger partial charge in [-0.2, -0.15) is 9.61 Å². The number of hydrogen-bond acceptors (Lipinski definition) is 6. The predicted octanol–water partition coefficient (Wildman–Crippen LogP) is 1.24. The molecule has 3 heterocycles. The number of aromatic hydroxyl groups is 1. The van der Waals surface area contributed by atoms with Crippen LogP contribution < -0.4 is 21.7 Å². The molecule has 4 aromatic rings. The molecule has 9 nitrogen and oxygen atoms in total. The minimum Gasteiger partial charge on any atom is -0.493 e. The number of nitrogens with one attached hydrogen (secondary N) is 3. The Morgan fingerprint density at radius 3 is 2.71 bits per heavy atom. The van der Waals surface area contributed by atoms with Crippen LogP contribution in [0.4, 0.5) is 5.82 Å². The van der Waals surface area contributed by atoms with E-state index in [9.17, 15) is 9.90 Å². The minimum atomic E-state index is -0.478. The number of anilines is 1. The van der Waals surface area contributed by atoms with E-state index < -0.39 is 5.69 Å². The number of H-pyrrole nitrogens is 2. The quantitative estimate of drug-likeness (QED) is 0.376. The number of rotatable bonds is 6. The first kappa shape index (κ1) is 19.1. The van der Waals surface area contributed by atoms with Crippen molar-refractivity contribution in [2.75, 3.05) is 5.32 Å². The number of benzene rings is 1. The summed E-state index contributed by atoms with van der Waals surface area (Å²) in [7, 11) is 0. The molecule has 3 aromatic heterocycles. The molecule has 0 aliphatic heterocycles. The van der Waals surface area contributed by atoms with Gasteiger partial charge >= 0.3 is 5.69 Å².